The van der Waals surface area contributed by atoms with Crippen molar-refractivity contribution in [1.29, 1.82) is 0 Å². The van der Waals surface area contributed by atoms with Gasteiger partial charge in [-0.3, -0.25) is 4.79 Å². The van der Waals surface area contributed by atoms with Crippen LogP contribution < -0.4 is 5.32 Å². The molecule has 1 aliphatic carbocycles. The van der Waals surface area contributed by atoms with E-state index in [-0.39, 0.29) is 5.78 Å². The molecule has 29 heavy (non-hydrogen) atoms. The first-order chi connectivity index (χ1) is 14.1. The van der Waals surface area contributed by atoms with Gasteiger partial charge in [-0.2, -0.15) is 0 Å². The topological polar surface area (TPSA) is 64.6 Å². The van der Waals surface area contributed by atoms with Gasteiger partial charge in [0.25, 0.3) is 0 Å². The molecule has 0 heterocycles. The van der Waals surface area contributed by atoms with E-state index >= 15 is 0 Å². The Morgan fingerprint density at radius 1 is 0.966 bits per heavy atom. The molecule has 1 N–H and O–H groups in total. The fourth-order valence-corrected chi connectivity index (χ4v) is 3.83. The van der Waals surface area contributed by atoms with Crippen molar-refractivity contribution < 1.29 is 19.1 Å². The minimum Gasteiger partial charge on any atom is -0.465 e. The van der Waals surface area contributed by atoms with Crippen molar-refractivity contribution >= 4 is 17.4 Å². The van der Waals surface area contributed by atoms with Crippen LogP contribution in [-0.2, 0) is 9.47 Å². The highest BCUT2D eigenvalue weighted by Crippen LogP contribution is 2.32. The molecule has 1 unspecified atom stereocenters. The van der Waals surface area contributed by atoms with Crippen LogP contribution in [0, 0.1) is 0 Å². The van der Waals surface area contributed by atoms with Gasteiger partial charge in [-0.25, -0.2) is 4.79 Å². The Morgan fingerprint density at radius 2 is 1.59 bits per heavy atom. The molecule has 2 aromatic carbocycles. The number of carbonyl (C=O) groups is 2. The molecule has 1 atom stereocenters. The summed E-state index contributed by atoms with van der Waals surface area (Å²) in [6.07, 6.45) is 5.59. The zero-order valence-electron chi connectivity index (χ0n) is 17.1. The van der Waals surface area contributed by atoms with Gasteiger partial charge in [0.1, 0.15) is 0 Å². The van der Waals surface area contributed by atoms with E-state index in [0.29, 0.717) is 29.3 Å². The van der Waals surface area contributed by atoms with Crippen molar-refractivity contribution in [3.05, 3.63) is 65.2 Å². The molecule has 2 aromatic rings. The first kappa shape index (κ1) is 21.1. The van der Waals surface area contributed by atoms with Crippen LogP contribution in [0.25, 0.3) is 0 Å². The van der Waals surface area contributed by atoms with Gasteiger partial charge < -0.3 is 14.8 Å². The lowest BCUT2D eigenvalue weighted by atomic mass is 9.84. The number of benzene rings is 2. The summed E-state index contributed by atoms with van der Waals surface area (Å²) in [5.41, 5.74) is 3.10. The van der Waals surface area contributed by atoms with Crippen LogP contribution in [0.15, 0.2) is 48.5 Å². The number of ketones is 1. The molecule has 1 aliphatic rings. The zero-order chi connectivity index (χ0) is 20.6. The second-order valence-electron chi connectivity index (χ2n) is 7.37. The first-order valence-electron chi connectivity index (χ1n) is 10.3. The predicted molar refractivity (Wildman–Crippen MR) is 113 cm³/mol. The summed E-state index contributed by atoms with van der Waals surface area (Å²) in [6, 6.07) is 14.7. The first-order valence-corrected chi connectivity index (χ1v) is 10.3. The summed E-state index contributed by atoms with van der Waals surface area (Å²) < 4.78 is 10.4. The van der Waals surface area contributed by atoms with E-state index in [0.717, 1.165) is 0 Å². The number of esters is 1. The molecule has 0 saturated heterocycles. The Hall–Kier alpha value is -2.66. The maximum Gasteiger partial charge on any atom is 0.337 e. The third-order valence-electron chi connectivity index (χ3n) is 5.45. The van der Waals surface area contributed by atoms with Crippen molar-refractivity contribution in [3.63, 3.8) is 0 Å². The minimum atomic E-state index is -0.787. The maximum absolute atomic E-state index is 13.0. The van der Waals surface area contributed by atoms with Gasteiger partial charge in [0.15, 0.2) is 6.23 Å². The Labute approximate surface area is 172 Å². The minimum absolute atomic E-state index is 0.112. The summed E-state index contributed by atoms with van der Waals surface area (Å²) in [5, 5.41) is 3.12. The van der Waals surface area contributed by atoms with Crippen LogP contribution in [0.5, 0.6) is 0 Å². The van der Waals surface area contributed by atoms with Crippen LogP contribution in [0.3, 0.4) is 0 Å². The van der Waals surface area contributed by atoms with E-state index in [1.54, 1.807) is 24.3 Å². The number of methoxy groups -OCH3 is 1. The molecule has 154 valence electrons. The molecule has 0 bridgehead atoms. The molecule has 3 rings (SSSR count). The van der Waals surface area contributed by atoms with E-state index in [2.05, 4.69) is 17.4 Å². The van der Waals surface area contributed by atoms with Crippen molar-refractivity contribution in [2.75, 3.05) is 19.0 Å². The Balaban J connectivity index is 1.69. The van der Waals surface area contributed by atoms with Crippen LogP contribution in [0.4, 0.5) is 5.69 Å². The molecule has 0 radical (unpaired) electrons. The second-order valence-corrected chi connectivity index (χ2v) is 7.37. The highest BCUT2D eigenvalue weighted by molar-refractivity contribution is 6.00. The second kappa shape index (κ2) is 10.2. The molecular formula is C24H29NO4. The molecular weight excluding hydrogens is 366 g/mol. The van der Waals surface area contributed by atoms with Crippen molar-refractivity contribution in [1.82, 2.24) is 0 Å². The molecule has 0 amide bonds. The Kier molecular flexibility index (Phi) is 7.42. The fourth-order valence-electron chi connectivity index (χ4n) is 3.83. The van der Waals surface area contributed by atoms with E-state index in [1.165, 1.54) is 44.8 Å². The van der Waals surface area contributed by atoms with E-state index in [4.69, 9.17) is 9.47 Å². The van der Waals surface area contributed by atoms with Crippen LogP contribution >= 0.6 is 0 Å². The standard InChI is InChI=1S/C24H29NO4/c1-3-29-23(25-21-15-13-20(14-16-21)24(27)28-2)22(26)19-11-9-18(10-12-19)17-7-5-4-6-8-17/h9-17,23,25H,3-8H2,1-2H3. The SMILES string of the molecule is CCOC(Nc1ccc(C(=O)OC)cc1)C(=O)c1ccc(C2CCCCC2)cc1. The highest BCUT2D eigenvalue weighted by atomic mass is 16.5. The lowest BCUT2D eigenvalue weighted by molar-refractivity contribution is 0.0549. The third kappa shape index (κ3) is 5.45. The fraction of sp³-hybridized carbons (Fsp3) is 0.417. The molecule has 5 heteroatoms. The largest absolute Gasteiger partial charge is 0.465 e. The molecule has 1 fully saturated rings. The average molecular weight is 395 g/mol. The van der Waals surface area contributed by atoms with Gasteiger partial charge >= 0.3 is 5.97 Å². The number of Topliss-reactive ketones (excluding diaryl/α,β-unsaturated/α-hetero) is 1. The van der Waals surface area contributed by atoms with Gasteiger partial charge in [-0.1, -0.05) is 43.5 Å². The van der Waals surface area contributed by atoms with Gasteiger partial charge in [-0.05, 0) is 55.5 Å². The molecule has 1 saturated carbocycles. The zero-order valence-corrected chi connectivity index (χ0v) is 17.1. The van der Waals surface area contributed by atoms with Gasteiger partial charge in [0.2, 0.25) is 5.78 Å². The number of anilines is 1. The summed E-state index contributed by atoms with van der Waals surface area (Å²) >= 11 is 0. The lowest BCUT2D eigenvalue weighted by Gasteiger charge is -2.22. The number of rotatable bonds is 8. The summed E-state index contributed by atoms with van der Waals surface area (Å²) in [7, 11) is 1.35. The Morgan fingerprint density at radius 3 is 2.17 bits per heavy atom. The smallest absolute Gasteiger partial charge is 0.337 e. The van der Waals surface area contributed by atoms with E-state index in [9.17, 15) is 9.59 Å². The number of nitrogens with one attached hydrogen (secondary N) is 1. The highest BCUT2D eigenvalue weighted by Gasteiger charge is 2.22. The number of ether oxygens (including phenoxy) is 2. The molecule has 5 nitrogen and oxygen atoms in total. The Bertz CT molecular complexity index is 808. The average Bonchev–Trinajstić information content (AvgIpc) is 2.79. The molecule has 0 aliphatic heterocycles. The van der Waals surface area contributed by atoms with Crippen LogP contribution in [-0.4, -0.2) is 31.7 Å². The van der Waals surface area contributed by atoms with Crippen molar-refractivity contribution in [2.24, 2.45) is 0 Å². The van der Waals surface area contributed by atoms with Gasteiger partial charge in [0, 0.05) is 17.9 Å². The summed E-state index contributed by atoms with van der Waals surface area (Å²) in [4.78, 5) is 24.5. The number of hydrogen-bond donors (Lipinski definition) is 1. The number of hydrogen-bond acceptors (Lipinski definition) is 5. The van der Waals surface area contributed by atoms with Gasteiger partial charge in [-0.15, -0.1) is 0 Å². The van der Waals surface area contributed by atoms with E-state index < -0.39 is 12.2 Å². The molecule has 0 spiro atoms. The monoisotopic (exact) mass is 395 g/mol. The van der Waals surface area contributed by atoms with Crippen LogP contribution in [0.2, 0.25) is 0 Å². The van der Waals surface area contributed by atoms with Crippen molar-refractivity contribution in [2.45, 2.75) is 51.2 Å². The van der Waals surface area contributed by atoms with Gasteiger partial charge in [0.05, 0.1) is 12.7 Å². The molecule has 0 aromatic heterocycles. The lowest BCUT2D eigenvalue weighted by Crippen LogP contribution is -2.32. The number of carbonyl (C=O) groups excluding carboxylic acids is 2. The predicted octanol–water partition coefficient (Wildman–Crippen LogP) is 5.18. The third-order valence-corrected chi connectivity index (χ3v) is 5.45. The quantitative estimate of drug-likeness (QED) is 0.379. The van der Waals surface area contributed by atoms with Crippen LogP contribution in [0.1, 0.15) is 71.2 Å². The summed E-state index contributed by atoms with van der Waals surface area (Å²) in [6.45, 7) is 2.26. The summed E-state index contributed by atoms with van der Waals surface area (Å²) in [5.74, 6) is 0.105. The van der Waals surface area contributed by atoms with Crippen molar-refractivity contribution in [3.8, 4) is 0 Å². The normalized spacial score (nSPS) is 15.5. The van der Waals surface area contributed by atoms with E-state index in [1.807, 2.05) is 19.1 Å². The maximum atomic E-state index is 13.0.